The first-order chi connectivity index (χ1) is 7.84. The Morgan fingerprint density at radius 2 is 2.06 bits per heavy atom. The van der Waals surface area contributed by atoms with Crippen LogP contribution in [-0.4, -0.2) is 21.3 Å². The number of nitrogens with zero attached hydrogens (tertiary/aromatic N) is 2. The van der Waals surface area contributed by atoms with Crippen LogP contribution in [0.2, 0.25) is 0 Å². The van der Waals surface area contributed by atoms with Gasteiger partial charge >= 0.3 is 0 Å². The van der Waals surface area contributed by atoms with Gasteiger partial charge in [0.05, 0.1) is 0 Å². The summed E-state index contributed by atoms with van der Waals surface area (Å²) in [5.74, 6) is 0. The topological polar surface area (TPSA) is 51.8 Å². The molecule has 1 rings (SSSR count). The zero-order valence-electron chi connectivity index (χ0n) is 11.4. The van der Waals surface area contributed by atoms with Crippen molar-refractivity contribution in [2.24, 2.45) is 11.1 Å². The Morgan fingerprint density at radius 3 is 2.53 bits per heavy atom. The van der Waals surface area contributed by atoms with E-state index in [2.05, 4.69) is 37.7 Å². The van der Waals surface area contributed by atoms with Gasteiger partial charge < -0.3 is 5.73 Å². The molecule has 0 fully saturated rings. The maximum absolute atomic E-state index is 6.21. The molecule has 96 valence electrons. The van der Waals surface area contributed by atoms with Crippen LogP contribution in [-0.2, 0) is 0 Å². The van der Waals surface area contributed by atoms with Gasteiger partial charge in [-0.2, -0.15) is 0 Å². The molecule has 2 N–H and O–H groups in total. The van der Waals surface area contributed by atoms with Crippen molar-refractivity contribution >= 4 is 11.8 Å². The number of aryl methyl sites for hydroxylation is 1. The highest BCUT2D eigenvalue weighted by Gasteiger charge is 2.31. The van der Waals surface area contributed by atoms with Crippen molar-refractivity contribution < 1.29 is 0 Å². The van der Waals surface area contributed by atoms with E-state index in [0.29, 0.717) is 5.25 Å². The molecule has 17 heavy (non-hydrogen) atoms. The Balaban J connectivity index is 2.87. The van der Waals surface area contributed by atoms with Crippen molar-refractivity contribution in [1.82, 2.24) is 9.97 Å². The van der Waals surface area contributed by atoms with Crippen molar-refractivity contribution in [3.05, 3.63) is 18.0 Å². The molecule has 3 nitrogen and oxygen atoms in total. The fourth-order valence-corrected chi connectivity index (χ4v) is 2.98. The van der Waals surface area contributed by atoms with E-state index in [1.54, 1.807) is 11.8 Å². The molecule has 4 heteroatoms. The van der Waals surface area contributed by atoms with Crippen LogP contribution in [0.3, 0.4) is 0 Å². The van der Waals surface area contributed by atoms with E-state index in [9.17, 15) is 0 Å². The van der Waals surface area contributed by atoms with Crippen LogP contribution in [0, 0.1) is 12.3 Å². The molecule has 0 aromatic carbocycles. The van der Waals surface area contributed by atoms with Gasteiger partial charge in [0, 0.05) is 23.2 Å². The third kappa shape index (κ3) is 4.28. The number of thioether (sulfide) groups is 1. The number of hydrogen-bond acceptors (Lipinski definition) is 4. The van der Waals surface area contributed by atoms with Crippen molar-refractivity contribution in [3.63, 3.8) is 0 Å². The summed E-state index contributed by atoms with van der Waals surface area (Å²) in [7, 11) is 0. The van der Waals surface area contributed by atoms with Crippen LogP contribution in [0.5, 0.6) is 0 Å². The maximum atomic E-state index is 6.21. The van der Waals surface area contributed by atoms with Crippen LogP contribution >= 0.6 is 11.8 Å². The molecule has 0 bridgehead atoms. The van der Waals surface area contributed by atoms with E-state index >= 15 is 0 Å². The molecule has 1 heterocycles. The molecular formula is C13H23N3S. The number of rotatable bonds is 4. The zero-order chi connectivity index (χ0) is 13.1. The second-order valence-corrected chi connectivity index (χ2v) is 6.57. The number of nitrogens with two attached hydrogens (primary N) is 1. The normalized spacial score (nSPS) is 15.6. The second-order valence-electron chi connectivity index (χ2n) is 5.46. The van der Waals surface area contributed by atoms with Crippen molar-refractivity contribution in [3.8, 4) is 0 Å². The molecule has 2 unspecified atom stereocenters. The van der Waals surface area contributed by atoms with Crippen LogP contribution in [0.25, 0.3) is 0 Å². The van der Waals surface area contributed by atoms with Gasteiger partial charge in [0.2, 0.25) is 0 Å². The summed E-state index contributed by atoms with van der Waals surface area (Å²) in [5.41, 5.74) is 7.36. The van der Waals surface area contributed by atoms with Crippen molar-refractivity contribution in [1.29, 1.82) is 0 Å². The third-order valence-corrected chi connectivity index (χ3v) is 4.44. The molecule has 1 aromatic rings. The summed E-state index contributed by atoms with van der Waals surface area (Å²) in [5, 5.41) is 1.16. The molecule has 2 atom stereocenters. The summed E-state index contributed by atoms with van der Waals surface area (Å²) in [6.07, 6.45) is 2.78. The lowest BCUT2D eigenvalue weighted by atomic mass is 9.87. The molecule has 0 saturated heterocycles. The first-order valence-electron chi connectivity index (χ1n) is 6.06. The monoisotopic (exact) mass is 253 g/mol. The summed E-state index contributed by atoms with van der Waals surface area (Å²) in [6.45, 7) is 10.8. The Bertz CT molecular complexity index is 360. The van der Waals surface area contributed by atoms with E-state index in [-0.39, 0.29) is 11.5 Å². The van der Waals surface area contributed by atoms with Crippen molar-refractivity contribution in [2.75, 3.05) is 0 Å². The smallest absolute Gasteiger partial charge is 0.188 e. The SMILES string of the molecule is CCC(N)C(Sc1nccc(C)n1)C(C)(C)C. The van der Waals surface area contributed by atoms with Gasteiger partial charge in [-0.1, -0.05) is 39.5 Å². The average molecular weight is 253 g/mol. The van der Waals surface area contributed by atoms with Crippen LogP contribution < -0.4 is 5.73 Å². The molecule has 0 radical (unpaired) electrons. The molecule has 0 aliphatic carbocycles. The molecule has 0 saturated carbocycles. The van der Waals surface area contributed by atoms with Crippen LogP contribution in [0.4, 0.5) is 0 Å². The van der Waals surface area contributed by atoms with Gasteiger partial charge in [-0.3, -0.25) is 0 Å². The minimum atomic E-state index is 0.146. The summed E-state index contributed by atoms with van der Waals surface area (Å²) >= 11 is 1.70. The summed E-state index contributed by atoms with van der Waals surface area (Å²) in [6, 6.07) is 2.08. The molecule has 0 spiro atoms. The van der Waals surface area contributed by atoms with Gasteiger partial charge in [-0.05, 0) is 24.8 Å². The predicted molar refractivity (Wildman–Crippen MR) is 74.1 cm³/mol. The lowest BCUT2D eigenvalue weighted by Crippen LogP contribution is -2.40. The first-order valence-corrected chi connectivity index (χ1v) is 6.94. The molecular weight excluding hydrogens is 230 g/mol. The fraction of sp³-hybridized carbons (Fsp3) is 0.692. The van der Waals surface area contributed by atoms with Gasteiger partial charge in [0.25, 0.3) is 0 Å². The average Bonchev–Trinajstić information content (AvgIpc) is 2.23. The predicted octanol–water partition coefficient (Wildman–Crippen LogP) is 3.03. The maximum Gasteiger partial charge on any atom is 0.188 e. The second kappa shape index (κ2) is 5.83. The molecule has 0 aliphatic heterocycles. The quantitative estimate of drug-likeness (QED) is 0.662. The fourth-order valence-electron chi connectivity index (χ4n) is 1.72. The summed E-state index contributed by atoms with van der Waals surface area (Å²) in [4.78, 5) is 8.75. The Kier molecular flexibility index (Phi) is 4.95. The summed E-state index contributed by atoms with van der Waals surface area (Å²) < 4.78 is 0. The van der Waals surface area contributed by atoms with E-state index in [4.69, 9.17) is 5.73 Å². The van der Waals surface area contributed by atoms with Crippen LogP contribution in [0.1, 0.15) is 39.8 Å². The molecule has 0 aliphatic rings. The molecule has 0 amide bonds. The van der Waals surface area contributed by atoms with E-state index in [1.807, 2.05) is 19.2 Å². The minimum absolute atomic E-state index is 0.146. The highest BCUT2D eigenvalue weighted by atomic mass is 32.2. The molecule has 1 aromatic heterocycles. The number of aromatic nitrogens is 2. The third-order valence-electron chi connectivity index (χ3n) is 2.72. The zero-order valence-corrected chi connectivity index (χ0v) is 12.2. The van der Waals surface area contributed by atoms with Gasteiger partial charge in [0.15, 0.2) is 5.16 Å². The standard InChI is InChI=1S/C13H23N3S/c1-6-10(14)11(13(3,4)5)17-12-15-8-7-9(2)16-12/h7-8,10-11H,6,14H2,1-5H3. The van der Waals surface area contributed by atoms with Gasteiger partial charge in [-0.25, -0.2) is 9.97 Å². The Labute approximate surface area is 109 Å². The minimum Gasteiger partial charge on any atom is -0.327 e. The van der Waals surface area contributed by atoms with E-state index in [0.717, 1.165) is 17.3 Å². The lowest BCUT2D eigenvalue weighted by molar-refractivity contribution is 0.349. The van der Waals surface area contributed by atoms with Crippen molar-refractivity contribution in [2.45, 2.75) is 57.5 Å². The Morgan fingerprint density at radius 1 is 1.41 bits per heavy atom. The van der Waals surface area contributed by atoms with E-state index in [1.165, 1.54) is 0 Å². The highest BCUT2D eigenvalue weighted by molar-refractivity contribution is 7.99. The number of hydrogen-bond donors (Lipinski definition) is 1. The van der Waals surface area contributed by atoms with Crippen LogP contribution in [0.15, 0.2) is 17.4 Å². The highest BCUT2D eigenvalue weighted by Crippen LogP contribution is 2.36. The largest absolute Gasteiger partial charge is 0.327 e. The van der Waals surface area contributed by atoms with E-state index < -0.39 is 0 Å². The van der Waals surface area contributed by atoms with Gasteiger partial charge in [-0.15, -0.1) is 0 Å². The first kappa shape index (κ1) is 14.5. The Hall–Kier alpha value is -0.610. The lowest BCUT2D eigenvalue weighted by Gasteiger charge is -2.33. The van der Waals surface area contributed by atoms with Gasteiger partial charge in [0.1, 0.15) is 0 Å².